The first-order valence-electron chi connectivity index (χ1n) is 6.10. The van der Waals surface area contributed by atoms with Gasteiger partial charge >= 0.3 is 5.97 Å². The van der Waals surface area contributed by atoms with Crippen molar-refractivity contribution in [2.45, 2.75) is 27.4 Å². The van der Waals surface area contributed by atoms with Crippen LogP contribution in [0.15, 0.2) is 35.9 Å². The Bertz CT molecular complexity index is 644. The number of allylic oxidation sites excluding steroid dienone is 1. The van der Waals surface area contributed by atoms with Gasteiger partial charge in [0.1, 0.15) is 0 Å². The lowest BCUT2D eigenvalue weighted by Crippen LogP contribution is -2.06. The van der Waals surface area contributed by atoms with E-state index in [0.29, 0.717) is 5.82 Å². The number of para-hydroxylation sites is 1. The predicted molar refractivity (Wildman–Crippen MR) is 73.5 cm³/mol. The molecule has 0 N–H and O–H groups in total. The molecular weight excluding hydrogens is 240 g/mol. The van der Waals surface area contributed by atoms with E-state index in [1.54, 1.807) is 0 Å². The molecule has 98 valence electrons. The van der Waals surface area contributed by atoms with Crippen molar-refractivity contribution in [2.75, 3.05) is 0 Å². The molecule has 0 fully saturated rings. The number of rotatable bonds is 3. The Morgan fingerprint density at radius 3 is 2.74 bits per heavy atom. The second kappa shape index (κ2) is 5.61. The molecule has 1 heterocycles. The largest absolute Gasteiger partial charge is 0.454 e. The number of nitrogens with zero attached hydrogens (tertiary/aromatic N) is 2. The summed E-state index contributed by atoms with van der Waals surface area (Å²) in [7, 11) is 0. The number of aromatic nitrogens is 2. The summed E-state index contributed by atoms with van der Waals surface area (Å²) in [6, 6.07) is 7.77. The third-order valence-corrected chi connectivity index (χ3v) is 2.59. The smallest absolute Gasteiger partial charge is 0.331 e. The fourth-order valence-corrected chi connectivity index (χ4v) is 1.77. The van der Waals surface area contributed by atoms with Crippen LogP contribution in [0.4, 0.5) is 0 Å². The highest BCUT2D eigenvalue weighted by molar-refractivity contribution is 5.82. The molecule has 0 unspecified atom stereocenters. The third kappa shape index (κ3) is 3.37. The lowest BCUT2D eigenvalue weighted by molar-refractivity contribution is -0.139. The van der Waals surface area contributed by atoms with Crippen LogP contribution < -0.4 is 0 Å². The van der Waals surface area contributed by atoms with E-state index in [4.69, 9.17) is 4.74 Å². The minimum Gasteiger partial charge on any atom is -0.454 e. The number of hydrogen-bond donors (Lipinski definition) is 0. The molecule has 19 heavy (non-hydrogen) atoms. The van der Waals surface area contributed by atoms with Gasteiger partial charge in [0.05, 0.1) is 5.52 Å². The van der Waals surface area contributed by atoms with Crippen LogP contribution in [-0.2, 0) is 16.1 Å². The van der Waals surface area contributed by atoms with Crippen molar-refractivity contribution in [3.8, 4) is 0 Å². The summed E-state index contributed by atoms with van der Waals surface area (Å²) >= 11 is 0. The molecule has 2 aromatic rings. The summed E-state index contributed by atoms with van der Waals surface area (Å²) in [4.78, 5) is 20.1. The van der Waals surface area contributed by atoms with Crippen molar-refractivity contribution in [3.63, 3.8) is 0 Å². The van der Waals surface area contributed by atoms with Crippen LogP contribution in [0.5, 0.6) is 0 Å². The Labute approximate surface area is 112 Å². The third-order valence-electron chi connectivity index (χ3n) is 2.59. The predicted octanol–water partition coefficient (Wildman–Crippen LogP) is 2.95. The monoisotopic (exact) mass is 256 g/mol. The Hall–Kier alpha value is -2.23. The molecule has 0 bridgehead atoms. The Morgan fingerprint density at radius 1 is 1.26 bits per heavy atom. The molecule has 4 nitrogen and oxygen atoms in total. The minimum atomic E-state index is -0.366. The van der Waals surface area contributed by atoms with Gasteiger partial charge in [-0.15, -0.1) is 0 Å². The van der Waals surface area contributed by atoms with Crippen molar-refractivity contribution in [3.05, 3.63) is 47.4 Å². The standard InChI is InChI=1S/C15H16N2O2/c1-10(2)8-15(18)19-9-14-16-11(3)12-6-4-5-7-13(12)17-14/h4-8H,9H2,1-3H3. The van der Waals surface area contributed by atoms with Crippen molar-refractivity contribution >= 4 is 16.9 Å². The Morgan fingerprint density at radius 2 is 2.00 bits per heavy atom. The van der Waals surface area contributed by atoms with E-state index >= 15 is 0 Å². The maximum absolute atomic E-state index is 11.4. The van der Waals surface area contributed by atoms with Gasteiger partial charge in [-0.1, -0.05) is 23.8 Å². The molecule has 0 saturated heterocycles. The molecular formula is C15H16N2O2. The number of esters is 1. The number of hydrogen-bond acceptors (Lipinski definition) is 4. The van der Waals surface area contributed by atoms with Gasteiger partial charge < -0.3 is 4.74 Å². The van der Waals surface area contributed by atoms with Gasteiger partial charge in [0.2, 0.25) is 0 Å². The summed E-state index contributed by atoms with van der Waals surface area (Å²) < 4.78 is 5.10. The van der Waals surface area contributed by atoms with E-state index in [0.717, 1.165) is 22.2 Å². The first kappa shape index (κ1) is 13.2. The molecule has 1 aromatic carbocycles. The molecule has 0 atom stereocenters. The van der Waals surface area contributed by atoms with Crippen LogP contribution >= 0.6 is 0 Å². The molecule has 0 saturated carbocycles. The average Bonchev–Trinajstić information content (AvgIpc) is 2.36. The molecule has 4 heteroatoms. The zero-order valence-electron chi connectivity index (χ0n) is 11.3. The summed E-state index contributed by atoms with van der Waals surface area (Å²) in [5.74, 6) is 0.154. The highest BCUT2D eigenvalue weighted by Gasteiger charge is 2.06. The van der Waals surface area contributed by atoms with Crippen molar-refractivity contribution < 1.29 is 9.53 Å². The fourth-order valence-electron chi connectivity index (χ4n) is 1.77. The van der Waals surface area contributed by atoms with E-state index in [-0.39, 0.29) is 12.6 Å². The van der Waals surface area contributed by atoms with Gasteiger partial charge in [0, 0.05) is 17.2 Å². The normalized spacial score (nSPS) is 10.3. The summed E-state index contributed by atoms with van der Waals surface area (Å²) in [5.41, 5.74) is 2.66. The van der Waals surface area contributed by atoms with E-state index in [1.807, 2.05) is 45.0 Å². The molecule has 0 radical (unpaired) electrons. The van der Waals surface area contributed by atoms with Crippen LogP contribution in [0.3, 0.4) is 0 Å². The molecule has 0 amide bonds. The van der Waals surface area contributed by atoms with E-state index in [9.17, 15) is 4.79 Å². The molecule has 1 aromatic heterocycles. The number of ether oxygens (including phenoxy) is 1. The first-order valence-corrected chi connectivity index (χ1v) is 6.10. The lowest BCUT2D eigenvalue weighted by Gasteiger charge is -2.05. The van der Waals surface area contributed by atoms with E-state index in [1.165, 1.54) is 6.08 Å². The van der Waals surface area contributed by atoms with Crippen molar-refractivity contribution in [2.24, 2.45) is 0 Å². The minimum absolute atomic E-state index is 0.0916. The number of carbonyl (C=O) groups is 1. The maximum atomic E-state index is 11.4. The topological polar surface area (TPSA) is 52.1 Å². The molecule has 0 aliphatic heterocycles. The van der Waals surface area contributed by atoms with Crippen molar-refractivity contribution in [1.29, 1.82) is 0 Å². The molecule has 0 spiro atoms. The van der Waals surface area contributed by atoms with Gasteiger partial charge in [-0.2, -0.15) is 0 Å². The summed E-state index contributed by atoms with van der Waals surface area (Å²) in [5, 5.41) is 1.02. The number of aryl methyl sites for hydroxylation is 1. The molecule has 0 aliphatic rings. The van der Waals surface area contributed by atoms with Crippen LogP contribution in [0, 0.1) is 6.92 Å². The highest BCUT2D eigenvalue weighted by Crippen LogP contribution is 2.14. The van der Waals surface area contributed by atoms with Gasteiger partial charge in [-0.05, 0) is 26.8 Å². The molecule has 2 rings (SSSR count). The lowest BCUT2D eigenvalue weighted by atomic mass is 10.2. The van der Waals surface area contributed by atoms with Crippen LogP contribution in [0.25, 0.3) is 10.9 Å². The fraction of sp³-hybridized carbons (Fsp3) is 0.267. The maximum Gasteiger partial charge on any atom is 0.331 e. The van der Waals surface area contributed by atoms with Crippen LogP contribution in [0.1, 0.15) is 25.4 Å². The molecule has 0 aliphatic carbocycles. The Balaban J connectivity index is 2.18. The zero-order valence-corrected chi connectivity index (χ0v) is 11.3. The van der Waals surface area contributed by atoms with E-state index < -0.39 is 0 Å². The van der Waals surface area contributed by atoms with Gasteiger partial charge in [-0.25, -0.2) is 14.8 Å². The number of carbonyl (C=O) groups excluding carboxylic acids is 1. The van der Waals surface area contributed by atoms with Crippen LogP contribution in [-0.4, -0.2) is 15.9 Å². The van der Waals surface area contributed by atoms with Gasteiger partial charge in [0.15, 0.2) is 12.4 Å². The zero-order chi connectivity index (χ0) is 13.8. The quantitative estimate of drug-likeness (QED) is 0.626. The second-order valence-electron chi connectivity index (χ2n) is 4.57. The summed E-state index contributed by atoms with van der Waals surface area (Å²) in [6.07, 6.45) is 1.45. The number of fused-ring (bicyclic) bond motifs is 1. The van der Waals surface area contributed by atoms with E-state index in [2.05, 4.69) is 9.97 Å². The highest BCUT2D eigenvalue weighted by atomic mass is 16.5. The van der Waals surface area contributed by atoms with Gasteiger partial charge in [0.25, 0.3) is 0 Å². The average molecular weight is 256 g/mol. The van der Waals surface area contributed by atoms with Crippen LogP contribution in [0.2, 0.25) is 0 Å². The van der Waals surface area contributed by atoms with Gasteiger partial charge in [-0.3, -0.25) is 0 Å². The van der Waals surface area contributed by atoms with Crippen molar-refractivity contribution in [1.82, 2.24) is 9.97 Å². The second-order valence-corrected chi connectivity index (χ2v) is 4.57. The SMILES string of the molecule is CC(C)=CC(=O)OCc1nc(C)c2ccccc2n1. The Kier molecular flexibility index (Phi) is 3.90. The number of benzene rings is 1. The summed E-state index contributed by atoms with van der Waals surface area (Å²) in [6.45, 7) is 5.70. The first-order chi connectivity index (χ1) is 9.06.